The van der Waals surface area contributed by atoms with Crippen molar-refractivity contribution < 1.29 is 22.5 Å². The third-order valence-electron chi connectivity index (χ3n) is 4.73. The van der Waals surface area contributed by atoms with Crippen molar-refractivity contribution in [2.45, 2.75) is 32.6 Å². The van der Waals surface area contributed by atoms with Gasteiger partial charge in [-0.15, -0.1) is 0 Å². The average molecular weight is 456 g/mol. The van der Waals surface area contributed by atoms with Crippen molar-refractivity contribution in [3.63, 3.8) is 0 Å². The fourth-order valence-electron chi connectivity index (χ4n) is 3.05. The summed E-state index contributed by atoms with van der Waals surface area (Å²) < 4.78 is 39.5. The Morgan fingerprint density at radius 3 is 2.53 bits per heavy atom. The number of rotatable bonds is 7. The molecule has 0 radical (unpaired) electrons. The number of aromatic nitrogens is 1. The Kier molecular flexibility index (Phi) is 6.69. The summed E-state index contributed by atoms with van der Waals surface area (Å²) in [6.07, 6.45) is 3.28. The molecule has 2 N–H and O–H groups in total. The number of anilines is 2. The summed E-state index contributed by atoms with van der Waals surface area (Å²) in [6.45, 7) is 6.83. The molecule has 0 bridgehead atoms. The third-order valence-corrected chi connectivity index (χ3v) is 6.12. The average Bonchev–Trinajstić information content (AvgIpc) is 3.07. The lowest BCUT2D eigenvalue weighted by molar-refractivity contribution is -0.114. The van der Waals surface area contributed by atoms with Gasteiger partial charge in [0.05, 0.1) is 12.8 Å². The number of aryl methyl sites for hydroxylation is 3. The summed E-state index contributed by atoms with van der Waals surface area (Å²) in [4.78, 5) is 11.4. The van der Waals surface area contributed by atoms with Crippen LogP contribution < -0.4 is 14.8 Å². The molecule has 0 fully saturated rings. The van der Waals surface area contributed by atoms with Crippen LogP contribution in [-0.2, 0) is 14.8 Å². The van der Waals surface area contributed by atoms with Crippen molar-refractivity contribution in [2.24, 2.45) is 0 Å². The Hall–Kier alpha value is -3.59. The molecule has 9 heteroatoms. The van der Waals surface area contributed by atoms with E-state index in [9.17, 15) is 13.2 Å². The highest BCUT2D eigenvalue weighted by Gasteiger charge is 2.21. The monoisotopic (exact) mass is 455 g/mol. The van der Waals surface area contributed by atoms with Crippen LogP contribution in [0, 0.1) is 20.8 Å². The smallest absolute Gasteiger partial charge is 0.265 e. The first-order valence-corrected chi connectivity index (χ1v) is 11.3. The molecule has 168 valence electrons. The van der Waals surface area contributed by atoms with E-state index < -0.39 is 10.0 Å². The maximum atomic E-state index is 13.2. The van der Waals surface area contributed by atoms with Crippen LogP contribution in [0.1, 0.15) is 35.1 Å². The first-order valence-electron chi connectivity index (χ1n) is 9.81. The summed E-state index contributed by atoms with van der Waals surface area (Å²) >= 11 is 0. The summed E-state index contributed by atoms with van der Waals surface area (Å²) in [5.74, 6) is 0.321. The molecule has 3 rings (SSSR count). The lowest BCUT2D eigenvalue weighted by Crippen LogP contribution is -2.15. The van der Waals surface area contributed by atoms with E-state index in [-0.39, 0.29) is 16.6 Å². The van der Waals surface area contributed by atoms with Gasteiger partial charge in [0.15, 0.2) is 5.76 Å². The maximum absolute atomic E-state index is 13.2. The molecule has 2 aromatic carbocycles. The molecular formula is C23H25N3O5S. The highest BCUT2D eigenvalue weighted by Crippen LogP contribution is 2.29. The zero-order valence-electron chi connectivity index (χ0n) is 18.5. The molecule has 0 aliphatic carbocycles. The SMILES string of the molecule is COc1ccc(C=Cc2onc(C)c2NC(C)=O)cc1S(=O)(=O)Nc1cc(C)ccc1C. The minimum atomic E-state index is -3.92. The molecule has 0 aliphatic heterocycles. The minimum Gasteiger partial charge on any atom is -0.495 e. The van der Waals surface area contributed by atoms with Crippen LogP contribution in [0.4, 0.5) is 11.4 Å². The Bertz CT molecular complexity index is 1290. The molecule has 1 amide bonds. The van der Waals surface area contributed by atoms with Gasteiger partial charge < -0.3 is 14.6 Å². The van der Waals surface area contributed by atoms with Gasteiger partial charge in [-0.2, -0.15) is 0 Å². The Morgan fingerprint density at radius 2 is 1.84 bits per heavy atom. The lowest BCUT2D eigenvalue weighted by Gasteiger charge is -2.14. The van der Waals surface area contributed by atoms with E-state index in [1.165, 1.54) is 20.1 Å². The third kappa shape index (κ3) is 5.17. The van der Waals surface area contributed by atoms with Gasteiger partial charge in [-0.25, -0.2) is 8.42 Å². The van der Waals surface area contributed by atoms with Crippen molar-refractivity contribution in [1.29, 1.82) is 0 Å². The van der Waals surface area contributed by atoms with Crippen molar-refractivity contribution in [3.05, 3.63) is 64.5 Å². The zero-order valence-corrected chi connectivity index (χ0v) is 19.3. The largest absolute Gasteiger partial charge is 0.495 e. The van der Waals surface area contributed by atoms with E-state index in [1.54, 1.807) is 37.3 Å². The van der Waals surface area contributed by atoms with Gasteiger partial charge in [-0.1, -0.05) is 29.4 Å². The summed E-state index contributed by atoms with van der Waals surface area (Å²) in [7, 11) is -2.51. The topological polar surface area (TPSA) is 111 Å². The lowest BCUT2D eigenvalue weighted by atomic mass is 10.1. The summed E-state index contributed by atoms with van der Waals surface area (Å²) in [5.41, 5.74) is 3.84. The predicted octanol–water partition coefficient (Wildman–Crippen LogP) is 4.54. The number of methoxy groups -OCH3 is 1. The number of nitrogens with one attached hydrogen (secondary N) is 2. The van der Waals surface area contributed by atoms with Crippen molar-refractivity contribution >= 4 is 39.5 Å². The van der Waals surface area contributed by atoms with Crippen LogP contribution in [0.2, 0.25) is 0 Å². The van der Waals surface area contributed by atoms with Gasteiger partial charge in [-0.3, -0.25) is 9.52 Å². The van der Waals surface area contributed by atoms with Crippen LogP contribution >= 0.6 is 0 Å². The molecule has 3 aromatic rings. The molecule has 1 aromatic heterocycles. The molecule has 8 nitrogen and oxygen atoms in total. The predicted molar refractivity (Wildman–Crippen MR) is 124 cm³/mol. The number of amides is 1. The Morgan fingerprint density at radius 1 is 1.09 bits per heavy atom. The highest BCUT2D eigenvalue weighted by atomic mass is 32.2. The number of sulfonamides is 1. The second-order valence-electron chi connectivity index (χ2n) is 7.36. The summed E-state index contributed by atoms with van der Waals surface area (Å²) in [5, 5.41) is 6.54. The van der Waals surface area contributed by atoms with Crippen LogP contribution in [0.25, 0.3) is 12.2 Å². The van der Waals surface area contributed by atoms with Crippen molar-refractivity contribution in [1.82, 2.24) is 5.16 Å². The molecule has 0 unspecified atom stereocenters. The van der Waals surface area contributed by atoms with E-state index in [0.29, 0.717) is 28.4 Å². The standard InChI is InChI=1S/C23H25N3O5S/c1-14-6-7-15(2)19(12-14)26-32(28,29)22-13-18(8-10-20(22)30-5)9-11-21-23(24-17(4)27)16(3)25-31-21/h6-13,26H,1-5H3,(H,24,27). The van der Waals surface area contributed by atoms with Gasteiger partial charge >= 0.3 is 0 Å². The Balaban J connectivity index is 1.96. The maximum Gasteiger partial charge on any atom is 0.265 e. The molecule has 1 heterocycles. The van der Waals surface area contributed by atoms with Gasteiger partial charge in [0.2, 0.25) is 5.91 Å². The second kappa shape index (κ2) is 9.27. The van der Waals surface area contributed by atoms with Gasteiger partial charge in [0, 0.05) is 6.92 Å². The van der Waals surface area contributed by atoms with E-state index in [4.69, 9.17) is 9.26 Å². The minimum absolute atomic E-state index is 0.00103. The summed E-state index contributed by atoms with van der Waals surface area (Å²) in [6, 6.07) is 10.4. The van der Waals surface area contributed by atoms with Crippen LogP contribution in [0.5, 0.6) is 5.75 Å². The molecule has 0 atom stereocenters. The molecule has 0 saturated carbocycles. The zero-order chi connectivity index (χ0) is 23.5. The molecule has 0 spiro atoms. The Labute approximate surface area is 187 Å². The molecule has 0 aliphatic rings. The van der Waals surface area contributed by atoms with E-state index in [1.807, 2.05) is 26.0 Å². The van der Waals surface area contributed by atoms with Gasteiger partial charge in [0.1, 0.15) is 22.0 Å². The van der Waals surface area contributed by atoms with Gasteiger partial charge in [0.25, 0.3) is 10.0 Å². The number of benzene rings is 2. The van der Waals surface area contributed by atoms with Crippen LogP contribution in [0.15, 0.2) is 45.8 Å². The number of carbonyl (C=O) groups excluding carboxylic acids is 1. The fourth-order valence-corrected chi connectivity index (χ4v) is 4.38. The first kappa shape index (κ1) is 23.1. The number of carbonyl (C=O) groups is 1. The van der Waals surface area contributed by atoms with E-state index in [2.05, 4.69) is 15.2 Å². The van der Waals surface area contributed by atoms with Gasteiger partial charge in [-0.05, 0) is 61.7 Å². The van der Waals surface area contributed by atoms with Crippen LogP contribution in [0.3, 0.4) is 0 Å². The normalized spacial score (nSPS) is 11.5. The van der Waals surface area contributed by atoms with E-state index >= 15 is 0 Å². The number of nitrogens with zero attached hydrogens (tertiary/aromatic N) is 1. The van der Waals surface area contributed by atoms with E-state index in [0.717, 1.165) is 11.1 Å². The fraction of sp³-hybridized carbons (Fsp3) is 0.217. The first-order chi connectivity index (χ1) is 15.1. The van der Waals surface area contributed by atoms with Crippen molar-refractivity contribution in [3.8, 4) is 5.75 Å². The number of ether oxygens (including phenoxy) is 1. The second-order valence-corrected chi connectivity index (χ2v) is 9.01. The number of hydrogen-bond acceptors (Lipinski definition) is 6. The number of hydrogen-bond donors (Lipinski definition) is 2. The quantitative estimate of drug-likeness (QED) is 0.541. The van der Waals surface area contributed by atoms with Crippen LogP contribution in [-0.4, -0.2) is 26.6 Å². The highest BCUT2D eigenvalue weighted by molar-refractivity contribution is 7.92. The van der Waals surface area contributed by atoms with Crippen molar-refractivity contribution in [2.75, 3.05) is 17.1 Å². The molecular weight excluding hydrogens is 430 g/mol. The molecule has 32 heavy (non-hydrogen) atoms. The molecule has 0 saturated heterocycles.